The van der Waals surface area contributed by atoms with Crippen LogP contribution in [0, 0.1) is 5.92 Å². The van der Waals surface area contributed by atoms with Crippen LogP contribution < -0.4 is 10.6 Å². The highest BCUT2D eigenvalue weighted by atomic mass is 16.5. The van der Waals surface area contributed by atoms with Crippen molar-refractivity contribution in [1.82, 2.24) is 10.6 Å². The Balaban J connectivity index is 1.44. The molecule has 33 heavy (non-hydrogen) atoms. The van der Waals surface area contributed by atoms with Gasteiger partial charge in [0.25, 0.3) is 0 Å². The lowest BCUT2D eigenvalue weighted by atomic mass is 9.98. The molecule has 7 nitrogen and oxygen atoms in total. The van der Waals surface area contributed by atoms with Crippen molar-refractivity contribution in [1.29, 1.82) is 0 Å². The number of aliphatic carboxylic acids is 1. The summed E-state index contributed by atoms with van der Waals surface area (Å²) >= 11 is 0. The fourth-order valence-electron chi connectivity index (χ4n) is 3.91. The summed E-state index contributed by atoms with van der Waals surface area (Å²) in [6.45, 7) is 4.36. The van der Waals surface area contributed by atoms with Crippen molar-refractivity contribution < 1.29 is 24.2 Å². The van der Waals surface area contributed by atoms with Crippen LogP contribution in [0.3, 0.4) is 0 Å². The zero-order valence-electron chi connectivity index (χ0n) is 19.0. The number of carboxylic acids is 1. The number of fused-ring (bicyclic) bond motifs is 3. The van der Waals surface area contributed by atoms with Crippen LogP contribution in [0.4, 0.5) is 4.79 Å². The van der Waals surface area contributed by atoms with E-state index >= 15 is 0 Å². The van der Waals surface area contributed by atoms with Gasteiger partial charge in [-0.05, 0) is 41.5 Å². The van der Waals surface area contributed by atoms with E-state index in [1.54, 1.807) is 13.0 Å². The van der Waals surface area contributed by atoms with Gasteiger partial charge in [0.05, 0.1) is 0 Å². The first-order valence-corrected chi connectivity index (χ1v) is 11.1. The molecule has 0 bridgehead atoms. The topological polar surface area (TPSA) is 105 Å². The number of amides is 2. The van der Waals surface area contributed by atoms with Gasteiger partial charge in [0, 0.05) is 31.0 Å². The summed E-state index contributed by atoms with van der Waals surface area (Å²) in [6, 6.07) is 16.3. The van der Waals surface area contributed by atoms with E-state index in [0.717, 1.165) is 11.1 Å². The zero-order chi connectivity index (χ0) is 23.8. The molecule has 7 heteroatoms. The van der Waals surface area contributed by atoms with Crippen LogP contribution in [-0.4, -0.2) is 42.8 Å². The maximum Gasteiger partial charge on any atom is 0.407 e. The number of alkyl carbamates (subject to hydrolysis) is 1. The van der Waals surface area contributed by atoms with Gasteiger partial charge in [-0.3, -0.25) is 9.59 Å². The van der Waals surface area contributed by atoms with Crippen molar-refractivity contribution >= 4 is 18.0 Å². The minimum Gasteiger partial charge on any atom is -0.481 e. The van der Waals surface area contributed by atoms with Crippen molar-refractivity contribution in [3.8, 4) is 11.1 Å². The van der Waals surface area contributed by atoms with E-state index < -0.39 is 12.1 Å². The molecule has 1 aliphatic carbocycles. The second kappa shape index (κ2) is 11.3. The maximum atomic E-state index is 12.2. The van der Waals surface area contributed by atoms with Crippen molar-refractivity contribution in [2.45, 2.75) is 32.6 Å². The molecule has 0 spiro atoms. The fraction of sp³-hybridized carbons (Fsp3) is 0.346. The van der Waals surface area contributed by atoms with Crippen LogP contribution in [-0.2, 0) is 14.3 Å². The molecule has 2 aromatic rings. The highest BCUT2D eigenvalue weighted by molar-refractivity contribution is 5.92. The Bertz CT molecular complexity index is 1000. The number of nitrogens with one attached hydrogen (secondary N) is 2. The fourth-order valence-corrected chi connectivity index (χ4v) is 3.91. The molecule has 0 fully saturated rings. The Kier molecular flexibility index (Phi) is 8.24. The Morgan fingerprint density at radius 2 is 1.64 bits per heavy atom. The predicted octanol–water partition coefficient (Wildman–Crippen LogP) is 4.09. The first-order chi connectivity index (χ1) is 15.9. The van der Waals surface area contributed by atoms with Crippen LogP contribution in [0.15, 0.2) is 60.2 Å². The number of hydrogen-bond acceptors (Lipinski definition) is 4. The first-order valence-electron chi connectivity index (χ1n) is 11.1. The molecule has 0 radical (unpaired) electrons. The lowest BCUT2D eigenvalue weighted by Gasteiger charge is -2.14. The Labute approximate surface area is 193 Å². The molecule has 3 rings (SSSR count). The van der Waals surface area contributed by atoms with Crippen molar-refractivity contribution in [3.05, 3.63) is 71.3 Å². The minimum atomic E-state index is -0.844. The molecular weight excluding hydrogens is 420 g/mol. The van der Waals surface area contributed by atoms with Crippen molar-refractivity contribution in [3.63, 3.8) is 0 Å². The molecule has 3 N–H and O–H groups in total. The Morgan fingerprint density at radius 1 is 1.03 bits per heavy atom. The molecule has 0 heterocycles. The third kappa shape index (κ3) is 6.44. The molecule has 0 saturated heterocycles. The summed E-state index contributed by atoms with van der Waals surface area (Å²) in [5.41, 5.74) is 5.11. The molecule has 174 valence electrons. The number of carbonyl (C=O) groups is 3. The average Bonchev–Trinajstić information content (AvgIpc) is 3.13. The van der Waals surface area contributed by atoms with E-state index in [9.17, 15) is 14.4 Å². The smallest absolute Gasteiger partial charge is 0.407 e. The van der Waals surface area contributed by atoms with Crippen molar-refractivity contribution in [2.24, 2.45) is 5.92 Å². The third-order valence-electron chi connectivity index (χ3n) is 5.82. The first kappa shape index (κ1) is 24.0. The van der Waals surface area contributed by atoms with Gasteiger partial charge < -0.3 is 20.5 Å². The van der Waals surface area contributed by atoms with Crippen LogP contribution in [0.2, 0.25) is 0 Å². The number of carboxylic acid groups (broad SMARTS) is 1. The Morgan fingerprint density at radius 3 is 2.24 bits per heavy atom. The van der Waals surface area contributed by atoms with Gasteiger partial charge in [0.15, 0.2) is 0 Å². The number of carbonyl (C=O) groups excluding carboxylic acids is 2. The second-order valence-corrected chi connectivity index (χ2v) is 8.34. The summed E-state index contributed by atoms with van der Waals surface area (Å²) in [7, 11) is 0. The monoisotopic (exact) mass is 450 g/mol. The normalized spacial score (nSPS) is 13.6. The van der Waals surface area contributed by atoms with E-state index in [1.807, 2.05) is 31.2 Å². The maximum absolute atomic E-state index is 12.2. The number of rotatable bonds is 10. The summed E-state index contributed by atoms with van der Waals surface area (Å²) < 4.78 is 5.48. The molecular formula is C26H30N2O5. The number of hydrogen-bond donors (Lipinski definition) is 3. The highest BCUT2D eigenvalue weighted by Crippen LogP contribution is 2.44. The van der Waals surface area contributed by atoms with Crippen LogP contribution in [0.5, 0.6) is 0 Å². The molecule has 0 saturated carbocycles. The van der Waals surface area contributed by atoms with Gasteiger partial charge in [0.1, 0.15) is 6.61 Å². The zero-order valence-corrected chi connectivity index (χ0v) is 19.0. The van der Waals surface area contributed by atoms with E-state index in [1.165, 1.54) is 11.1 Å². The lowest BCUT2D eigenvalue weighted by Crippen LogP contribution is -2.30. The standard InChI is InChI=1S/C26H30N2O5/c1-17(11-12-24(29)30)15-28-25(31)18(2)13-14-27-26(32)33-16-23-21-9-5-3-7-19(21)20-8-4-6-10-22(20)23/h3-10,13,17,23H,11-12,14-16H2,1-2H3,(H,27,32)(H,28,31)(H,29,30)/b18-13+. The molecule has 1 unspecified atom stereocenters. The van der Waals surface area contributed by atoms with Crippen molar-refractivity contribution in [2.75, 3.05) is 19.7 Å². The molecule has 2 amide bonds. The molecule has 1 aliphatic rings. The van der Waals surface area contributed by atoms with Crippen LogP contribution in [0.25, 0.3) is 11.1 Å². The van der Waals surface area contributed by atoms with E-state index in [2.05, 4.69) is 34.9 Å². The van der Waals surface area contributed by atoms with Gasteiger partial charge in [-0.2, -0.15) is 0 Å². The van der Waals surface area contributed by atoms with Gasteiger partial charge in [-0.1, -0.05) is 61.5 Å². The summed E-state index contributed by atoms with van der Waals surface area (Å²) in [4.78, 5) is 35.0. The van der Waals surface area contributed by atoms with Crippen LogP contribution >= 0.6 is 0 Å². The van der Waals surface area contributed by atoms with Crippen LogP contribution in [0.1, 0.15) is 43.7 Å². The third-order valence-corrected chi connectivity index (χ3v) is 5.82. The van der Waals surface area contributed by atoms with Gasteiger partial charge in [-0.25, -0.2) is 4.79 Å². The summed E-state index contributed by atoms with van der Waals surface area (Å²) in [5.74, 6) is -1.03. The predicted molar refractivity (Wildman–Crippen MR) is 126 cm³/mol. The van der Waals surface area contributed by atoms with Gasteiger partial charge in [0.2, 0.25) is 5.91 Å². The van der Waals surface area contributed by atoms with E-state index in [4.69, 9.17) is 9.84 Å². The Hall–Kier alpha value is -3.61. The number of ether oxygens (including phenoxy) is 1. The number of benzene rings is 2. The minimum absolute atomic E-state index is 0.00526. The van der Waals surface area contributed by atoms with Gasteiger partial charge >= 0.3 is 12.1 Å². The molecule has 2 aromatic carbocycles. The second-order valence-electron chi connectivity index (χ2n) is 8.34. The molecule has 1 atom stereocenters. The average molecular weight is 451 g/mol. The summed E-state index contributed by atoms with van der Waals surface area (Å²) in [6.07, 6.45) is 1.67. The van der Waals surface area contributed by atoms with Gasteiger partial charge in [-0.15, -0.1) is 0 Å². The van der Waals surface area contributed by atoms with E-state index in [-0.39, 0.29) is 37.3 Å². The highest BCUT2D eigenvalue weighted by Gasteiger charge is 2.28. The van der Waals surface area contributed by atoms with E-state index in [0.29, 0.717) is 18.5 Å². The SMILES string of the molecule is C/C(=C\CNC(=O)OCC1c2ccccc2-c2ccccc21)C(=O)NCC(C)CCC(=O)O. The molecule has 0 aromatic heterocycles. The molecule has 0 aliphatic heterocycles. The summed E-state index contributed by atoms with van der Waals surface area (Å²) in [5, 5.41) is 14.2. The lowest BCUT2D eigenvalue weighted by molar-refractivity contribution is -0.137. The largest absolute Gasteiger partial charge is 0.481 e. The quantitative estimate of drug-likeness (QED) is 0.473.